The number of halogens is 1. The first-order chi connectivity index (χ1) is 7.41. The van der Waals surface area contributed by atoms with Crippen LogP contribution in [-0.2, 0) is 4.79 Å². The van der Waals surface area contributed by atoms with Crippen molar-refractivity contribution in [3.63, 3.8) is 0 Å². The molecule has 0 saturated carbocycles. The first-order valence-corrected chi connectivity index (χ1v) is 5.94. The average Bonchev–Trinajstić information content (AvgIpc) is 2.19. The van der Waals surface area contributed by atoms with Gasteiger partial charge in [-0.15, -0.1) is 0 Å². The van der Waals surface area contributed by atoms with Gasteiger partial charge in [-0.2, -0.15) is 0 Å². The highest BCUT2D eigenvalue weighted by Crippen LogP contribution is 2.27. The summed E-state index contributed by atoms with van der Waals surface area (Å²) in [5.41, 5.74) is 8.17. The van der Waals surface area contributed by atoms with Crippen LogP contribution in [0.15, 0.2) is 22.7 Å². The van der Waals surface area contributed by atoms with Gasteiger partial charge in [0.1, 0.15) is 0 Å². The normalized spacial score (nSPS) is 14.5. The topological polar surface area (TPSA) is 63.3 Å². The Labute approximate surface area is 104 Å². The average molecular weight is 286 g/mol. The molecule has 88 valence electrons. The van der Waals surface area contributed by atoms with Crippen molar-refractivity contribution in [2.45, 2.75) is 26.3 Å². The quantitative estimate of drug-likeness (QED) is 0.894. The molecule has 3 N–H and O–H groups in total. The molecule has 1 aromatic carbocycles. The number of carbonyl (C=O) groups is 1. The summed E-state index contributed by atoms with van der Waals surface area (Å²) in [6.07, 6.45) is 0.0904. The van der Waals surface area contributed by atoms with Gasteiger partial charge in [0.2, 0.25) is 0 Å². The largest absolute Gasteiger partial charge is 0.481 e. The van der Waals surface area contributed by atoms with E-state index >= 15 is 0 Å². The molecular weight excluding hydrogens is 270 g/mol. The maximum Gasteiger partial charge on any atom is 0.303 e. The van der Waals surface area contributed by atoms with Gasteiger partial charge in [-0.25, -0.2) is 0 Å². The van der Waals surface area contributed by atoms with E-state index in [-0.39, 0.29) is 18.4 Å². The zero-order chi connectivity index (χ0) is 12.3. The van der Waals surface area contributed by atoms with Crippen molar-refractivity contribution in [1.29, 1.82) is 0 Å². The lowest BCUT2D eigenvalue weighted by molar-refractivity contribution is -0.138. The smallest absolute Gasteiger partial charge is 0.303 e. The predicted molar refractivity (Wildman–Crippen MR) is 67.2 cm³/mol. The molecule has 4 heteroatoms. The Morgan fingerprint density at radius 2 is 2.19 bits per heavy atom. The van der Waals surface area contributed by atoms with E-state index in [1.807, 2.05) is 32.0 Å². The van der Waals surface area contributed by atoms with Crippen molar-refractivity contribution in [2.75, 3.05) is 0 Å². The second-order valence-electron chi connectivity index (χ2n) is 4.10. The van der Waals surface area contributed by atoms with Gasteiger partial charge in [-0.1, -0.05) is 28.9 Å². The van der Waals surface area contributed by atoms with Gasteiger partial charge in [0.05, 0.1) is 0 Å². The Morgan fingerprint density at radius 1 is 1.56 bits per heavy atom. The number of carboxylic acid groups (broad SMARTS) is 1. The first-order valence-electron chi connectivity index (χ1n) is 5.15. The molecule has 1 aromatic rings. The maximum absolute atomic E-state index is 10.6. The number of hydrogen-bond acceptors (Lipinski definition) is 2. The van der Waals surface area contributed by atoms with Crippen LogP contribution in [0.25, 0.3) is 0 Å². The monoisotopic (exact) mass is 285 g/mol. The van der Waals surface area contributed by atoms with Gasteiger partial charge >= 0.3 is 5.97 Å². The molecule has 1 rings (SSSR count). The van der Waals surface area contributed by atoms with E-state index in [4.69, 9.17) is 10.8 Å². The second kappa shape index (κ2) is 5.46. The highest BCUT2D eigenvalue weighted by Gasteiger charge is 2.19. The lowest BCUT2D eigenvalue weighted by atomic mass is 9.90. The third-order valence-corrected chi connectivity index (χ3v) is 3.20. The Balaban J connectivity index is 2.90. The molecule has 0 aliphatic carbocycles. The van der Waals surface area contributed by atoms with Crippen LogP contribution in [0, 0.1) is 12.8 Å². The third-order valence-electron chi connectivity index (χ3n) is 2.71. The number of aliphatic carboxylic acids is 1. The fourth-order valence-corrected chi connectivity index (χ4v) is 2.06. The van der Waals surface area contributed by atoms with Crippen molar-refractivity contribution >= 4 is 21.9 Å². The fraction of sp³-hybridized carbons (Fsp3) is 0.417. The molecule has 0 radical (unpaired) electrons. The summed E-state index contributed by atoms with van der Waals surface area (Å²) in [7, 11) is 0. The molecule has 0 aliphatic heterocycles. The Hall–Kier alpha value is -0.870. The molecule has 2 unspecified atom stereocenters. The molecule has 0 aliphatic rings. The fourth-order valence-electron chi connectivity index (χ4n) is 1.68. The van der Waals surface area contributed by atoms with E-state index in [1.54, 1.807) is 0 Å². The minimum atomic E-state index is -0.810. The summed E-state index contributed by atoms with van der Waals surface area (Å²) < 4.78 is 0.964. The third kappa shape index (κ3) is 3.32. The van der Waals surface area contributed by atoms with Crippen molar-refractivity contribution in [2.24, 2.45) is 11.7 Å². The van der Waals surface area contributed by atoms with Gasteiger partial charge < -0.3 is 10.8 Å². The van der Waals surface area contributed by atoms with Crippen LogP contribution in [0.1, 0.15) is 30.5 Å². The van der Waals surface area contributed by atoms with Crippen molar-refractivity contribution in [1.82, 2.24) is 0 Å². The molecule has 16 heavy (non-hydrogen) atoms. The van der Waals surface area contributed by atoms with E-state index in [2.05, 4.69) is 15.9 Å². The minimum Gasteiger partial charge on any atom is -0.481 e. The van der Waals surface area contributed by atoms with Crippen LogP contribution >= 0.6 is 15.9 Å². The summed E-state index contributed by atoms with van der Waals surface area (Å²) in [6.45, 7) is 3.84. The second-order valence-corrected chi connectivity index (χ2v) is 5.02. The first kappa shape index (κ1) is 13.2. The number of benzene rings is 1. The zero-order valence-electron chi connectivity index (χ0n) is 9.40. The summed E-state index contributed by atoms with van der Waals surface area (Å²) in [4.78, 5) is 10.6. The summed E-state index contributed by atoms with van der Waals surface area (Å²) in [5.74, 6) is -0.888. The number of rotatable bonds is 4. The summed E-state index contributed by atoms with van der Waals surface area (Å²) in [5, 5.41) is 8.74. The number of hydrogen-bond donors (Lipinski definition) is 2. The summed E-state index contributed by atoms with van der Waals surface area (Å²) >= 11 is 3.39. The number of carboxylic acids is 1. The van der Waals surface area contributed by atoms with Crippen LogP contribution in [-0.4, -0.2) is 11.1 Å². The molecule has 0 spiro atoms. The highest BCUT2D eigenvalue weighted by atomic mass is 79.9. The van der Waals surface area contributed by atoms with E-state index in [9.17, 15) is 4.79 Å². The van der Waals surface area contributed by atoms with Crippen LogP contribution in [0.3, 0.4) is 0 Å². The molecule has 0 aromatic heterocycles. The Bertz CT molecular complexity index is 393. The van der Waals surface area contributed by atoms with Crippen LogP contribution in [0.5, 0.6) is 0 Å². The lowest BCUT2D eigenvalue weighted by Gasteiger charge is -2.20. The molecule has 0 saturated heterocycles. The lowest BCUT2D eigenvalue weighted by Crippen LogP contribution is -2.22. The van der Waals surface area contributed by atoms with Gasteiger partial charge in [0.15, 0.2) is 0 Å². The molecule has 3 nitrogen and oxygen atoms in total. The van der Waals surface area contributed by atoms with E-state index in [0.717, 1.165) is 15.6 Å². The van der Waals surface area contributed by atoms with Gasteiger partial charge in [0.25, 0.3) is 0 Å². The van der Waals surface area contributed by atoms with Gasteiger partial charge in [-0.05, 0) is 36.1 Å². The molecular formula is C12H16BrNO2. The standard InChI is InChI=1S/C12H16BrNO2/c1-7-3-4-9(13)6-10(7)12(14)8(2)5-11(15)16/h3-4,6,8,12H,5,14H2,1-2H3,(H,15,16). The van der Waals surface area contributed by atoms with Gasteiger partial charge in [0, 0.05) is 16.9 Å². The van der Waals surface area contributed by atoms with Crippen LogP contribution < -0.4 is 5.73 Å². The predicted octanol–water partition coefficient (Wildman–Crippen LogP) is 2.87. The van der Waals surface area contributed by atoms with E-state index in [0.29, 0.717) is 0 Å². The number of aryl methyl sites for hydroxylation is 1. The molecule has 2 atom stereocenters. The molecule has 0 fully saturated rings. The summed E-state index contributed by atoms with van der Waals surface area (Å²) in [6, 6.07) is 5.65. The molecule has 0 amide bonds. The van der Waals surface area contributed by atoms with Gasteiger partial charge in [-0.3, -0.25) is 4.79 Å². The SMILES string of the molecule is Cc1ccc(Br)cc1C(N)C(C)CC(=O)O. The molecule has 0 bridgehead atoms. The highest BCUT2D eigenvalue weighted by molar-refractivity contribution is 9.10. The van der Waals surface area contributed by atoms with Crippen LogP contribution in [0.2, 0.25) is 0 Å². The zero-order valence-corrected chi connectivity index (χ0v) is 11.0. The van der Waals surface area contributed by atoms with Crippen molar-refractivity contribution < 1.29 is 9.90 Å². The van der Waals surface area contributed by atoms with E-state index in [1.165, 1.54) is 0 Å². The van der Waals surface area contributed by atoms with E-state index < -0.39 is 5.97 Å². The minimum absolute atomic E-state index is 0.0782. The Morgan fingerprint density at radius 3 is 2.75 bits per heavy atom. The van der Waals surface area contributed by atoms with Crippen molar-refractivity contribution in [3.05, 3.63) is 33.8 Å². The van der Waals surface area contributed by atoms with Crippen LogP contribution in [0.4, 0.5) is 0 Å². The molecule has 0 heterocycles. The number of nitrogens with two attached hydrogens (primary N) is 1. The van der Waals surface area contributed by atoms with Crippen molar-refractivity contribution in [3.8, 4) is 0 Å². The maximum atomic E-state index is 10.6. The Kier molecular flexibility index (Phi) is 4.50.